The van der Waals surface area contributed by atoms with E-state index >= 15 is 0 Å². The standard InChI is InChI=1S/C20H25N3O3S/c1-27(25,26)18-9-7-17(8-10-18)22-20(24)14-23-12-16(11-21)19(13-23)15-5-3-2-4-6-15/h2-10,16,19H,11-14,21H2,1H3,(H,22,24)/t16-,19+/m1/s1. The topological polar surface area (TPSA) is 92.5 Å². The summed E-state index contributed by atoms with van der Waals surface area (Å²) in [4.78, 5) is 14.7. The lowest BCUT2D eigenvalue weighted by atomic mass is 9.89. The van der Waals surface area contributed by atoms with Gasteiger partial charge in [0, 0.05) is 31.0 Å². The second-order valence-electron chi connectivity index (χ2n) is 7.05. The van der Waals surface area contributed by atoms with Gasteiger partial charge in [-0.15, -0.1) is 0 Å². The molecule has 1 aliphatic rings. The molecule has 1 aliphatic heterocycles. The number of carbonyl (C=O) groups is 1. The Morgan fingerprint density at radius 1 is 1.11 bits per heavy atom. The summed E-state index contributed by atoms with van der Waals surface area (Å²) in [5.41, 5.74) is 7.79. The SMILES string of the molecule is CS(=O)(=O)c1ccc(NC(=O)CN2C[C@@H](CN)[C@H](c3ccccc3)C2)cc1. The number of hydrogen-bond acceptors (Lipinski definition) is 5. The molecule has 2 aromatic rings. The minimum Gasteiger partial charge on any atom is -0.330 e. The Morgan fingerprint density at radius 2 is 1.78 bits per heavy atom. The number of sulfone groups is 1. The largest absolute Gasteiger partial charge is 0.330 e. The van der Waals surface area contributed by atoms with Crippen LogP contribution in [0.4, 0.5) is 5.69 Å². The molecule has 1 fully saturated rings. The number of rotatable bonds is 6. The Balaban J connectivity index is 1.60. The van der Waals surface area contributed by atoms with Crippen molar-refractivity contribution >= 4 is 21.4 Å². The van der Waals surface area contributed by atoms with Crippen LogP contribution in [0.3, 0.4) is 0 Å². The summed E-state index contributed by atoms with van der Waals surface area (Å²) in [5.74, 6) is 0.541. The molecule has 0 unspecified atom stereocenters. The van der Waals surface area contributed by atoms with E-state index in [1.807, 2.05) is 18.2 Å². The summed E-state index contributed by atoms with van der Waals surface area (Å²) in [6.45, 7) is 2.46. The maximum atomic E-state index is 12.4. The average Bonchev–Trinajstić information content (AvgIpc) is 3.05. The molecule has 0 spiro atoms. The van der Waals surface area contributed by atoms with E-state index in [0.29, 0.717) is 24.1 Å². The smallest absolute Gasteiger partial charge is 0.238 e. The summed E-state index contributed by atoms with van der Waals surface area (Å²) in [6, 6.07) is 16.5. The van der Waals surface area contributed by atoms with E-state index in [1.54, 1.807) is 12.1 Å². The highest BCUT2D eigenvalue weighted by atomic mass is 32.2. The zero-order valence-corrected chi connectivity index (χ0v) is 16.2. The fourth-order valence-electron chi connectivity index (χ4n) is 3.60. The van der Waals surface area contributed by atoms with Gasteiger partial charge in [0.15, 0.2) is 9.84 Å². The second kappa shape index (κ2) is 8.21. The first kappa shape index (κ1) is 19.5. The number of anilines is 1. The lowest BCUT2D eigenvalue weighted by molar-refractivity contribution is -0.117. The molecule has 3 N–H and O–H groups in total. The molecule has 3 rings (SSSR count). The molecular weight excluding hydrogens is 362 g/mol. The minimum absolute atomic E-state index is 0.119. The highest BCUT2D eigenvalue weighted by Crippen LogP contribution is 2.31. The van der Waals surface area contributed by atoms with Crippen molar-refractivity contribution in [2.24, 2.45) is 11.7 Å². The molecule has 1 saturated heterocycles. The summed E-state index contributed by atoms with van der Waals surface area (Å²) in [5, 5.41) is 2.83. The molecule has 1 heterocycles. The molecule has 1 amide bonds. The highest BCUT2D eigenvalue weighted by Gasteiger charge is 2.33. The molecule has 2 aromatic carbocycles. The summed E-state index contributed by atoms with van der Waals surface area (Å²) in [6.07, 6.45) is 1.16. The maximum Gasteiger partial charge on any atom is 0.238 e. The third-order valence-electron chi connectivity index (χ3n) is 4.98. The number of nitrogens with two attached hydrogens (primary N) is 1. The van der Waals surface area contributed by atoms with E-state index in [2.05, 4.69) is 22.3 Å². The van der Waals surface area contributed by atoms with Crippen LogP contribution < -0.4 is 11.1 Å². The van der Waals surface area contributed by atoms with Gasteiger partial charge in [-0.2, -0.15) is 0 Å². The van der Waals surface area contributed by atoms with E-state index in [4.69, 9.17) is 5.73 Å². The summed E-state index contributed by atoms with van der Waals surface area (Å²) >= 11 is 0. The first-order chi connectivity index (χ1) is 12.9. The van der Waals surface area contributed by atoms with Gasteiger partial charge in [0.05, 0.1) is 11.4 Å². The van der Waals surface area contributed by atoms with Crippen LogP contribution in [0.1, 0.15) is 11.5 Å². The van der Waals surface area contributed by atoms with E-state index < -0.39 is 9.84 Å². The van der Waals surface area contributed by atoms with Crippen molar-refractivity contribution in [3.05, 3.63) is 60.2 Å². The molecule has 144 valence electrons. The molecule has 2 atom stereocenters. The number of nitrogens with zero attached hydrogens (tertiary/aromatic N) is 1. The van der Waals surface area contributed by atoms with E-state index in [9.17, 15) is 13.2 Å². The van der Waals surface area contributed by atoms with Crippen molar-refractivity contribution in [3.63, 3.8) is 0 Å². The number of benzene rings is 2. The molecule has 0 radical (unpaired) electrons. The van der Waals surface area contributed by atoms with Gasteiger partial charge >= 0.3 is 0 Å². The van der Waals surface area contributed by atoms with Gasteiger partial charge in [-0.3, -0.25) is 9.69 Å². The maximum absolute atomic E-state index is 12.4. The van der Waals surface area contributed by atoms with Crippen LogP contribution >= 0.6 is 0 Å². The van der Waals surface area contributed by atoms with Gasteiger partial charge in [-0.1, -0.05) is 30.3 Å². The predicted octanol–water partition coefficient (Wildman–Crippen LogP) is 1.70. The number of nitrogens with one attached hydrogen (secondary N) is 1. The van der Waals surface area contributed by atoms with Crippen LogP contribution in [0.15, 0.2) is 59.5 Å². The van der Waals surface area contributed by atoms with E-state index in [0.717, 1.165) is 19.3 Å². The third-order valence-corrected chi connectivity index (χ3v) is 6.11. The average molecular weight is 388 g/mol. The molecule has 7 heteroatoms. The highest BCUT2D eigenvalue weighted by molar-refractivity contribution is 7.90. The van der Waals surface area contributed by atoms with Crippen molar-refractivity contribution in [1.29, 1.82) is 0 Å². The Labute approximate surface area is 160 Å². The monoisotopic (exact) mass is 387 g/mol. The van der Waals surface area contributed by atoms with Gasteiger partial charge in [0.25, 0.3) is 0 Å². The van der Waals surface area contributed by atoms with Crippen LogP contribution in [0, 0.1) is 5.92 Å². The van der Waals surface area contributed by atoms with Crippen molar-refractivity contribution in [1.82, 2.24) is 4.90 Å². The molecule has 27 heavy (non-hydrogen) atoms. The zero-order chi connectivity index (χ0) is 19.4. The van der Waals surface area contributed by atoms with Gasteiger partial charge in [0.2, 0.25) is 5.91 Å². The quantitative estimate of drug-likeness (QED) is 0.787. The first-order valence-corrected chi connectivity index (χ1v) is 10.8. The van der Waals surface area contributed by atoms with E-state index in [1.165, 1.54) is 17.7 Å². The van der Waals surface area contributed by atoms with E-state index in [-0.39, 0.29) is 17.3 Å². The number of carbonyl (C=O) groups excluding carboxylic acids is 1. The fourth-order valence-corrected chi connectivity index (χ4v) is 4.23. The number of amides is 1. The van der Waals surface area contributed by atoms with Gasteiger partial charge in [0.1, 0.15) is 0 Å². The summed E-state index contributed by atoms with van der Waals surface area (Å²) < 4.78 is 23.0. The predicted molar refractivity (Wildman–Crippen MR) is 106 cm³/mol. The van der Waals surface area contributed by atoms with Crippen LogP contribution in [0.2, 0.25) is 0 Å². The van der Waals surface area contributed by atoms with Crippen LogP contribution in [-0.4, -0.2) is 51.7 Å². The normalized spacial score (nSPS) is 20.5. The zero-order valence-electron chi connectivity index (χ0n) is 15.3. The van der Waals surface area contributed by atoms with Crippen LogP contribution in [0.25, 0.3) is 0 Å². The lowest BCUT2D eigenvalue weighted by Crippen LogP contribution is -2.32. The third kappa shape index (κ3) is 4.94. The summed E-state index contributed by atoms with van der Waals surface area (Å²) in [7, 11) is -3.24. The lowest BCUT2D eigenvalue weighted by Gasteiger charge is -2.16. The Morgan fingerprint density at radius 3 is 2.37 bits per heavy atom. The van der Waals surface area contributed by atoms with Crippen molar-refractivity contribution < 1.29 is 13.2 Å². The Bertz CT molecular complexity index is 882. The Kier molecular flexibility index (Phi) is 5.94. The molecule has 0 saturated carbocycles. The Hall–Kier alpha value is -2.22. The minimum atomic E-state index is -3.24. The fraction of sp³-hybridized carbons (Fsp3) is 0.350. The van der Waals surface area contributed by atoms with Crippen molar-refractivity contribution in [3.8, 4) is 0 Å². The van der Waals surface area contributed by atoms with Crippen LogP contribution in [0.5, 0.6) is 0 Å². The van der Waals surface area contributed by atoms with Crippen molar-refractivity contribution in [2.75, 3.05) is 37.8 Å². The van der Waals surface area contributed by atoms with Gasteiger partial charge < -0.3 is 11.1 Å². The van der Waals surface area contributed by atoms with Gasteiger partial charge in [-0.25, -0.2) is 8.42 Å². The first-order valence-electron chi connectivity index (χ1n) is 8.94. The van der Waals surface area contributed by atoms with Crippen LogP contribution in [-0.2, 0) is 14.6 Å². The van der Waals surface area contributed by atoms with Crippen molar-refractivity contribution in [2.45, 2.75) is 10.8 Å². The van der Waals surface area contributed by atoms with Gasteiger partial charge in [-0.05, 0) is 42.3 Å². The molecule has 0 aliphatic carbocycles. The number of hydrogen-bond donors (Lipinski definition) is 2. The second-order valence-corrected chi connectivity index (χ2v) is 9.07. The number of likely N-dealkylation sites (tertiary alicyclic amines) is 1. The molecule has 6 nitrogen and oxygen atoms in total. The molecule has 0 bridgehead atoms. The molecule has 0 aromatic heterocycles. The molecular formula is C20H25N3O3S.